The van der Waals surface area contributed by atoms with Crippen molar-refractivity contribution in [2.75, 3.05) is 13.1 Å². The van der Waals surface area contributed by atoms with Crippen molar-refractivity contribution in [1.29, 1.82) is 5.26 Å². The molecule has 1 aliphatic heterocycles. The Bertz CT molecular complexity index is 2080. The molecule has 0 aliphatic carbocycles. The minimum atomic E-state index is -0.602. The topological polar surface area (TPSA) is 165 Å². The Kier molecular flexibility index (Phi) is 10.3. The molecule has 6 rings (SSSR count). The van der Waals surface area contributed by atoms with Crippen LogP contribution < -0.4 is 9.47 Å². The summed E-state index contributed by atoms with van der Waals surface area (Å²) in [7, 11) is 0. The third-order valence-corrected chi connectivity index (χ3v) is 9.01. The van der Waals surface area contributed by atoms with Crippen LogP contribution in [0, 0.1) is 35.3 Å². The summed E-state index contributed by atoms with van der Waals surface area (Å²) in [5.41, 5.74) is 6.05. The van der Waals surface area contributed by atoms with E-state index in [2.05, 4.69) is 21.1 Å². The second kappa shape index (κ2) is 15.1. The highest BCUT2D eigenvalue weighted by Gasteiger charge is 2.23. The molecule has 1 saturated heterocycles. The second-order valence-electron chi connectivity index (χ2n) is 12.2. The number of nitro groups is 1. The van der Waals surface area contributed by atoms with E-state index in [0.717, 1.165) is 65.4 Å². The maximum atomic E-state index is 12.0. The van der Waals surface area contributed by atoms with Gasteiger partial charge in [-0.25, -0.2) is 0 Å². The molecule has 1 fully saturated rings. The molecule has 0 radical (unpaired) electrons. The number of aldehydes is 1. The number of aliphatic hydroxyl groups is 1. The number of nitro benzene ring substituents is 1. The van der Waals surface area contributed by atoms with Gasteiger partial charge in [-0.3, -0.25) is 19.8 Å². The van der Waals surface area contributed by atoms with Crippen molar-refractivity contribution in [3.8, 4) is 40.1 Å². The molecule has 0 unspecified atom stereocenters. The highest BCUT2D eigenvalue weighted by atomic mass is 16.6. The molecule has 1 aromatic heterocycles. The van der Waals surface area contributed by atoms with Gasteiger partial charge in [0, 0.05) is 36.3 Å². The van der Waals surface area contributed by atoms with Crippen LogP contribution in [0.5, 0.6) is 11.5 Å². The fraction of sp³-hybridized carbons (Fsp3) is 0.263. The van der Waals surface area contributed by atoms with Crippen molar-refractivity contribution >= 4 is 12.0 Å². The number of ether oxygens (including phenoxy) is 2. The van der Waals surface area contributed by atoms with Gasteiger partial charge in [0.05, 0.1) is 34.8 Å². The van der Waals surface area contributed by atoms with Crippen molar-refractivity contribution in [1.82, 2.24) is 15.0 Å². The Morgan fingerprint density at radius 3 is 2.36 bits per heavy atom. The summed E-state index contributed by atoms with van der Waals surface area (Å²) in [5.74, 6) is 1.06. The van der Waals surface area contributed by atoms with Crippen LogP contribution in [0.15, 0.2) is 77.3 Å². The number of carbonyl (C=O) groups excluding carboxylic acids is 1. The average molecular weight is 674 g/mol. The Morgan fingerprint density at radius 1 is 0.960 bits per heavy atom. The van der Waals surface area contributed by atoms with Gasteiger partial charge in [-0.2, -0.15) is 10.2 Å². The van der Waals surface area contributed by atoms with Gasteiger partial charge in [0.15, 0.2) is 12.1 Å². The lowest BCUT2D eigenvalue weighted by atomic mass is 9.91. The molecule has 12 heteroatoms. The molecule has 0 spiro atoms. The summed E-state index contributed by atoms with van der Waals surface area (Å²) in [6, 6.07) is 23.2. The van der Waals surface area contributed by atoms with Crippen molar-refractivity contribution < 1.29 is 28.8 Å². The standard InChI is InChI=1S/C38H35N5O7/c1-24-27(22-49-36-18-35(29(21-44)17-34(36)43(46)47)48-23-28-8-4-3-7-26(28)19-39)9-5-10-31(24)32-11-6-12-33(25(32)2)38-40-37(41-50-38)20-42-15-13-30(45)14-16-42/h3-12,17-18,21,30,45H,13-16,20,22-23H2,1-2H3. The number of likely N-dealkylation sites (tertiary alicyclic amines) is 1. The first kappa shape index (κ1) is 34.0. The maximum Gasteiger partial charge on any atom is 0.311 e. The summed E-state index contributed by atoms with van der Waals surface area (Å²) in [6.45, 7) is 6.07. The first-order chi connectivity index (χ1) is 24.2. The van der Waals surface area contributed by atoms with E-state index in [0.29, 0.717) is 35.7 Å². The van der Waals surface area contributed by atoms with Gasteiger partial charge in [0.1, 0.15) is 19.0 Å². The van der Waals surface area contributed by atoms with Gasteiger partial charge < -0.3 is 19.1 Å². The lowest BCUT2D eigenvalue weighted by molar-refractivity contribution is -0.386. The third kappa shape index (κ3) is 7.39. The van der Waals surface area contributed by atoms with E-state index >= 15 is 0 Å². The number of carbonyl (C=O) groups is 1. The van der Waals surface area contributed by atoms with Gasteiger partial charge in [-0.15, -0.1) is 0 Å². The van der Waals surface area contributed by atoms with Gasteiger partial charge in [0.2, 0.25) is 5.75 Å². The molecule has 0 bridgehead atoms. The summed E-state index contributed by atoms with van der Waals surface area (Å²) >= 11 is 0. The number of hydrogen-bond acceptors (Lipinski definition) is 11. The zero-order valence-corrected chi connectivity index (χ0v) is 27.7. The molecule has 1 N–H and O–H groups in total. The molecule has 0 atom stereocenters. The van der Waals surface area contributed by atoms with E-state index in [4.69, 9.17) is 14.0 Å². The Labute approximate surface area is 288 Å². The predicted octanol–water partition coefficient (Wildman–Crippen LogP) is 6.73. The second-order valence-corrected chi connectivity index (χ2v) is 12.2. The Balaban J connectivity index is 1.23. The molecular weight excluding hydrogens is 638 g/mol. The normalized spacial score (nSPS) is 13.5. The molecule has 5 aromatic rings. The minimum Gasteiger partial charge on any atom is -0.488 e. The fourth-order valence-corrected chi connectivity index (χ4v) is 6.10. The summed E-state index contributed by atoms with van der Waals surface area (Å²) in [6.07, 6.45) is 1.70. The van der Waals surface area contributed by atoms with Crippen molar-refractivity contribution in [2.45, 2.75) is 52.6 Å². The van der Waals surface area contributed by atoms with Crippen LogP contribution >= 0.6 is 0 Å². The lowest BCUT2D eigenvalue weighted by Crippen LogP contribution is -2.35. The van der Waals surface area contributed by atoms with Crippen LogP contribution in [0.2, 0.25) is 0 Å². The molecule has 2 heterocycles. The van der Waals surface area contributed by atoms with Gasteiger partial charge in [-0.1, -0.05) is 53.7 Å². The third-order valence-electron chi connectivity index (χ3n) is 9.01. The summed E-state index contributed by atoms with van der Waals surface area (Å²) < 4.78 is 17.6. The van der Waals surface area contributed by atoms with Crippen LogP contribution in [0.4, 0.5) is 5.69 Å². The number of piperidine rings is 1. The van der Waals surface area contributed by atoms with Crippen LogP contribution in [0.3, 0.4) is 0 Å². The lowest BCUT2D eigenvalue weighted by Gasteiger charge is -2.28. The van der Waals surface area contributed by atoms with E-state index in [-0.39, 0.29) is 42.1 Å². The number of aliphatic hydroxyl groups excluding tert-OH is 1. The van der Waals surface area contributed by atoms with Crippen molar-refractivity contribution in [3.05, 3.63) is 122 Å². The monoisotopic (exact) mass is 673 g/mol. The molecular formula is C38H35N5O7. The first-order valence-electron chi connectivity index (χ1n) is 16.2. The first-order valence-corrected chi connectivity index (χ1v) is 16.2. The molecule has 0 amide bonds. The quantitative estimate of drug-likeness (QED) is 0.0848. The maximum absolute atomic E-state index is 12.0. The van der Waals surface area contributed by atoms with E-state index in [1.54, 1.807) is 24.3 Å². The predicted molar refractivity (Wildman–Crippen MR) is 183 cm³/mol. The largest absolute Gasteiger partial charge is 0.488 e. The number of benzene rings is 4. The van der Waals surface area contributed by atoms with Crippen molar-refractivity contribution in [2.24, 2.45) is 0 Å². The Hall–Kier alpha value is -5.90. The number of hydrogen-bond donors (Lipinski definition) is 1. The molecule has 254 valence electrons. The molecule has 4 aromatic carbocycles. The minimum absolute atomic E-state index is 0.00766. The average Bonchev–Trinajstić information content (AvgIpc) is 3.59. The van der Waals surface area contributed by atoms with E-state index < -0.39 is 4.92 Å². The summed E-state index contributed by atoms with van der Waals surface area (Å²) in [5, 5.41) is 35.4. The molecule has 50 heavy (non-hydrogen) atoms. The van der Waals surface area contributed by atoms with Crippen LogP contribution in [0.1, 0.15) is 56.8 Å². The number of nitrogens with zero attached hydrogens (tertiary/aromatic N) is 5. The SMILES string of the molecule is Cc1c(COc2cc(OCc3ccccc3C#N)c(C=O)cc2[N+](=O)[O-])cccc1-c1cccc(-c2nc(CN3CCC(O)CC3)no2)c1C. The van der Waals surface area contributed by atoms with Crippen molar-refractivity contribution in [3.63, 3.8) is 0 Å². The van der Waals surface area contributed by atoms with E-state index in [1.807, 2.05) is 50.2 Å². The molecule has 12 nitrogen and oxygen atoms in total. The number of nitriles is 1. The highest BCUT2D eigenvalue weighted by molar-refractivity contribution is 5.82. The van der Waals surface area contributed by atoms with E-state index in [9.17, 15) is 25.3 Å². The Morgan fingerprint density at radius 2 is 1.62 bits per heavy atom. The smallest absolute Gasteiger partial charge is 0.311 e. The van der Waals surface area contributed by atoms with Crippen LogP contribution in [0.25, 0.3) is 22.6 Å². The highest BCUT2D eigenvalue weighted by Crippen LogP contribution is 2.37. The van der Waals surface area contributed by atoms with Crippen LogP contribution in [-0.4, -0.2) is 50.6 Å². The number of aromatic nitrogens is 2. The van der Waals surface area contributed by atoms with Gasteiger partial charge in [-0.05, 0) is 66.6 Å². The van der Waals surface area contributed by atoms with E-state index in [1.165, 1.54) is 6.07 Å². The van der Waals surface area contributed by atoms with Crippen LogP contribution in [-0.2, 0) is 19.8 Å². The fourth-order valence-electron chi connectivity index (χ4n) is 6.10. The zero-order chi connectivity index (χ0) is 35.2. The number of rotatable bonds is 12. The molecule has 1 aliphatic rings. The van der Waals surface area contributed by atoms with Gasteiger partial charge in [0.25, 0.3) is 5.89 Å². The zero-order valence-electron chi connectivity index (χ0n) is 27.7. The molecule has 0 saturated carbocycles. The van der Waals surface area contributed by atoms with Gasteiger partial charge >= 0.3 is 5.69 Å². The summed E-state index contributed by atoms with van der Waals surface area (Å²) in [4.78, 5) is 30.1.